The maximum absolute atomic E-state index is 12.0. The highest BCUT2D eigenvalue weighted by atomic mass is 16.1. The summed E-state index contributed by atoms with van der Waals surface area (Å²) in [5.41, 5.74) is 1.42. The molecule has 0 bridgehead atoms. The van der Waals surface area contributed by atoms with Crippen molar-refractivity contribution in [3.8, 4) is 0 Å². The van der Waals surface area contributed by atoms with Crippen LogP contribution in [-0.4, -0.2) is 40.2 Å². The predicted molar refractivity (Wildman–Crippen MR) is 94.5 cm³/mol. The van der Waals surface area contributed by atoms with E-state index in [2.05, 4.69) is 49.1 Å². The summed E-state index contributed by atoms with van der Waals surface area (Å²) in [7, 11) is 0. The molecule has 23 heavy (non-hydrogen) atoms. The summed E-state index contributed by atoms with van der Waals surface area (Å²) in [6.45, 7) is 11.6. The Hall–Kier alpha value is -1.62. The average molecular weight is 318 g/mol. The Kier molecular flexibility index (Phi) is 6.39. The molecule has 128 valence electrons. The fourth-order valence-electron chi connectivity index (χ4n) is 3.03. The Bertz CT molecular complexity index is 539. The van der Waals surface area contributed by atoms with Crippen LogP contribution in [0.2, 0.25) is 0 Å². The van der Waals surface area contributed by atoms with Crippen molar-refractivity contribution in [2.24, 2.45) is 5.92 Å². The zero-order valence-corrected chi connectivity index (χ0v) is 14.9. The number of rotatable bonds is 6. The SMILES string of the molecule is C/C=C(\C)CN1CCC(n2nccc2NC(=O)CC(C)C)CC1. The predicted octanol–water partition coefficient (Wildman–Crippen LogP) is 3.47. The van der Waals surface area contributed by atoms with Crippen LogP contribution in [0.25, 0.3) is 0 Å². The molecule has 1 aromatic rings. The number of likely N-dealkylation sites (tertiary alicyclic amines) is 1. The molecule has 5 nitrogen and oxygen atoms in total. The van der Waals surface area contributed by atoms with Crippen LogP contribution in [0.3, 0.4) is 0 Å². The number of aromatic nitrogens is 2. The minimum absolute atomic E-state index is 0.0721. The molecule has 1 fully saturated rings. The van der Waals surface area contributed by atoms with Gasteiger partial charge in [-0.3, -0.25) is 9.69 Å². The highest BCUT2D eigenvalue weighted by Gasteiger charge is 2.23. The van der Waals surface area contributed by atoms with Gasteiger partial charge in [0, 0.05) is 32.1 Å². The fourth-order valence-corrected chi connectivity index (χ4v) is 3.03. The molecule has 1 aliphatic heterocycles. The van der Waals surface area contributed by atoms with Crippen molar-refractivity contribution >= 4 is 11.7 Å². The highest BCUT2D eigenvalue weighted by Crippen LogP contribution is 2.25. The molecule has 1 aromatic heterocycles. The van der Waals surface area contributed by atoms with Crippen LogP contribution in [0.1, 0.15) is 53.0 Å². The lowest BCUT2D eigenvalue weighted by Crippen LogP contribution is -2.36. The third kappa shape index (κ3) is 5.20. The molecule has 1 amide bonds. The molecule has 0 radical (unpaired) electrons. The molecule has 2 rings (SSSR count). The van der Waals surface area contributed by atoms with Crippen LogP contribution in [0.4, 0.5) is 5.82 Å². The van der Waals surface area contributed by atoms with Gasteiger partial charge in [-0.2, -0.15) is 5.10 Å². The van der Waals surface area contributed by atoms with Gasteiger partial charge in [0.25, 0.3) is 0 Å². The summed E-state index contributed by atoms with van der Waals surface area (Å²) in [5.74, 6) is 1.27. The van der Waals surface area contributed by atoms with Gasteiger partial charge in [-0.1, -0.05) is 25.5 Å². The van der Waals surface area contributed by atoms with Crippen LogP contribution in [0, 0.1) is 5.92 Å². The quantitative estimate of drug-likeness (QED) is 0.817. The molecule has 0 spiro atoms. The molecule has 0 saturated carbocycles. The molecule has 0 aromatic carbocycles. The van der Waals surface area contributed by atoms with E-state index in [-0.39, 0.29) is 5.91 Å². The fraction of sp³-hybridized carbons (Fsp3) is 0.667. The summed E-state index contributed by atoms with van der Waals surface area (Å²) in [6.07, 6.45) is 6.66. The number of carbonyl (C=O) groups excluding carboxylic acids is 1. The van der Waals surface area contributed by atoms with Crippen molar-refractivity contribution in [1.82, 2.24) is 14.7 Å². The first-order valence-corrected chi connectivity index (χ1v) is 8.67. The number of carbonyl (C=O) groups is 1. The van der Waals surface area contributed by atoms with Crippen molar-refractivity contribution in [1.29, 1.82) is 0 Å². The molecular formula is C18H30N4O. The Morgan fingerprint density at radius 3 is 2.74 bits per heavy atom. The Balaban J connectivity index is 1.91. The van der Waals surface area contributed by atoms with Gasteiger partial charge in [0.1, 0.15) is 5.82 Å². The second-order valence-electron chi connectivity index (χ2n) is 6.95. The van der Waals surface area contributed by atoms with Crippen molar-refractivity contribution in [2.45, 2.75) is 53.0 Å². The van der Waals surface area contributed by atoms with Gasteiger partial charge in [0.15, 0.2) is 0 Å². The lowest BCUT2D eigenvalue weighted by Gasteiger charge is -2.32. The van der Waals surface area contributed by atoms with Crippen LogP contribution in [0.5, 0.6) is 0 Å². The Morgan fingerprint density at radius 2 is 2.13 bits per heavy atom. The molecule has 2 heterocycles. The number of nitrogens with one attached hydrogen (secondary N) is 1. The minimum atomic E-state index is 0.0721. The molecule has 1 aliphatic rings. The number of hydrogen-bond acceptors (Lipinski definition) is 3. The van der Waals surface area contributed by atoms with Crippen LogP contribution >= 0.6 is 0 Å². The Labute approximate surface area is 139 Å². The van der Waals surface area contributed by atoms with Crippen molar-refractivity contribution in [2.75, 3.05) is 25.0 Å². The second kappa shape index (κ2) is 8.29. The van der Waals surface area contributed by atoms with E-state index in [1.54, 1.807) is 6.20 Å². The van der Waals surface area contributed by atoms with Gasteiger partial charge in [0.05, 0.1) is 12.2 Å². The van der Waals surface area contributed by atoms with E-state index in [9.17, 15) is 4.79 Å². The number of piperidine rings is 1. The molecule has 0 aliphatic carbocycles. The topological polar surface area (TPSA) is 50.2 Å². The second-order valence-corrected chi connectivity index (χ2v) is 6.95. The van der Waals surface area contributed by atoms with E-state index in [1.807, 2.05) is 10.7 Å². The Morgan fingerprint density at radius 1 is 1.43 bits per heavy atom. The molecule has 0 atom stereocenters. The number of nitrogens with zero attached hydrogens (tertiary/aromatic N) is 3. The van der Waals surface area contributed by atoms with E-state index in [4.69, 9.17) is 0 Å². The largest absolute Gasteiger partial charge is 0.311 e. The van der Waals surface area contributed by atoms with Crippen molar-refractivity contribution in [3.05, 3.63) is 23.9 Å². The van der Waals surface area contributed by atoms with Gasteiger partial charge in [0.2, 0.25) is 5.91 Å². The van der Waals surface area contributed by atoms with E-state index in [1.165, 1.54) is 5.57 Å². The third-order valence-corrected chi connectivity index (χ3v) is 4.40. The zero-order chi connectivity index (χ0) is 16.8. The van der Waals surface area contributed by atoms with Crippen LogP contribution in [-0.2, 0) is 4.79 Å². The summed E-state index contributed by atoms with van der Waals surface area (Å²) < 4.78 is 2.00. The van der Waals surface area contributed by atoms with Gasteiger partial charge >= 0.3 is 0 Å². The standard InChI is InChI=1S/C18H30N4O/c1-5-15(4)13-21-10-7-16(8-11-21)22-17(6-9-19-22)20-18(23)12-14(2)3/h5-6,9,14,16H,7-8,10-13H2,1-4H3,(H,20,23)/b15-5+. The van der Waals surface area contributed by atoms with Gasteiger partial charge in [-0.25, -0.2) is 4.68 Å². The minimum Gasteiger partial charge on any atom is -0.311 e. The number of anilines is 1. The zero-order valence-electron chi connectivity index (χ0n) is 14.9. The lowest BCUT2D eigenvalue weighted by molar-refractivity contribution is -0.116. The molecular weight excluding hydrogens is 288 g/mol. The lowest BCUT2D eigenvalue weighted by atomic mass is 10.0. The normalized spacial score (nSPS) is 17.7. The summed E-state index contributed by atoms with van der Waals surface area (Å²) in [5, 5.41) is 7.46. The monoisotopic (exact) mass is 318 g/mol. The van der Waals surface area contributed by atoms with Crippen molar-refractivity contribution in [3.63, 3.8) is 0 Å². The maximum Gasteiger partial charge on any atom is 0.225 e. The third-order valence-electron chi connectivity index (χ3n) is 4.40. The summed E-state index contributed by atoms with van der Waals surface area (Å²) in [6, 6.07) is 2.27. The number of hydrogen-bond donors (Lipinski definition) is 1. The van der Waals surface area contributed by atoms with Gasteiger partial charge in [-0.05, 0) is 32.6 Å². The van der Waals surface area contributed by atoms with Gasteiger partial charge in [-0.15, -0.1) is 0 Å². The smallest absolute Gasteiger partial charge is 0.225 e. The van der Waals surface area contributed by atoms with Crippen LogP contribution < -0.4 is 5.32 Å². The molecule has 1 saturated heterocycles. The summed E-state index contributed by atoms with van der Waals surface area (Å²) in [4.78, 5) is 14.5. The molecule has 0 unspecified atom stereocenters. The van der Waals surface area contributed by atoms with E-state index < -0.39 is 0 Å². The van der Waals surface area contributed by atoms with E-state index in [0.717, 1.165) is 38.3 Å². The van der Waals surface area contributed by atoms with E-state index in [0.29, 0.717) is 18.4 Å². The number of amides is 1. The van der Waals surface area contributed by atoms with E-state index >= 15 is 0 Å². The van der Waals surface area contributed by atoms with Crippen molar-refractivity contribution < 1.29 is 4.79 Å². The molecule has 1 N–H and O–H groups in total. The summed E-state index contributed by atoms with van der Waals surface area (Å²) >= 11 is 0. The number of allylic oxidation sites excluding steroid dienone is 1. The first-order chi connectivity index (χ1) is 11.0. The molecule has 5 heteroatoms. The first kappa shape index (κ1) is 17.7. The van der Waals surface area contributed by atoms with Crippen LogP contribution in [0.15, 0.2) is 23.9 Å². The average Bonchev–Trinajstić information content (AvgIpc) is 2.95. The highest BCUT2D eigenvalue weighted by molar-refractivity contribution is 5.89. The first-order valence-electron chi connectivity index (χ1n) is 8.67. The van der Waals surface area contributed by atoms with Gasteiger partial charge < -0.3 is 5.32 Å². The maximum atomic E-state index is 12.0.